The third-order valence-electron chi connectivity index (χ3n) is 2.14. The Morgan fingerprint density at radius 2 is 2.25 bits per heavy atom. The minimum Gasteiger partial charge on any atom is -0.547 e. The lowest BCUT2D eigenvalue weighted by atomic mass is 10.2. The van der Waals surface area contributed by atoms with Crippen molar-refractivity contribution in [2.45, 2.75) is 38.6 Å². The monoisotopic (exact) mass is 231 g/mol. The maximum absolute atomic E-state index is 11.2. The number of carboxylic acid groups (broad SMARTS) is 1. The average Bonchev–Trinajstić information content (AvgIpc) is 2.27. The molecule has 0 radical (unpaired) electrons. The van der Waals surface area contributed by atoms with E-state index in [9.17, 15) is 14.7 Å². The van der Waals surface area contributed by atoms with E-state index in [0.29, 0.717) is 13.0 Å². The van der Waals surface area contributed by atoms with Gasteiger partial charge in [0.05, 0.1) is 12.6 Å². The van der Waals surface area contributed by atoms with E-state index in [1.54, 1.807) is 6.92 Å². The number of carbonyl (C=O) groups is 2. The Kier molecular flexibility index (Phi) is 5.21. The number of hydrogen-bond donors (Lipinski definition) is 0. The molecule has 0 aromatic rings. The number of ether oxygens (including phenoxy) is 3. The summed E-state index contributed by atoms with van der Waals surface area (Å²) in [6.07, 6.45) is -0.00443. The molecular formula is C10H15O6-. The summed E-state index contributed by atoms with van der Waals surface area (Å²) in [4.78, 5) is 21.9. The minimum absolute atomic E-state index is 0.0947. The van der Waals surface area contributed by atoms with Gasteiger partial charge in [-0.05, 0) is 26.2 Å². The highest BCUT2D eigenvalue weighted by Crippen LogP contribution is 2.15. The Bertz CT molecular complexity index is 246. The fourth-order valence-electron chi connectivity index (χ4n) is 1.40. The first-order chi connectivity index (χ1) is 7.65. The van der Waals surface area contributed by atoms with Crippen LogP contribution in [-0.2, 0) is 23.8 Å². The molecular weight excluding hydrogens is 216 g/mol. The zero-order valence-electron chi connectivity index (χ0n) is 9.14. The van der Waals surface area contributed by atoms with Crippen LogP contribution in [0.4, 0.5) is 0 Å². The molecule has 1 rings (SSSR count). The summed E-state index contributed by atoms with van der Waals surface area (Å²) in [5, 5.41) is 10.7. The zero-order valence-corrected chi connectivity index (χ0v) is 9.14. The van der Waals surface area contributed by atoms with Crippen LogP contribution >= 0.6 is 0 Å². The first-order valence-corrected chi connectivity index (χ1v) is 5.29. The zero-order chi connectivity index (χ0) is 12.0. The molecule has 0 bridgehead atoms. The van der Waals surface area contributed by atoms with Crippen LogP contribution in [-0.4, -0.2) is 37.5 Å². The summed E-state index contributed by atoms with van der Waals surface area (Å²) in [6.45, 7) is 2.19. The quantitative estimate of drug-likeness (QED) is 0.455. The Labute approximate surface area is 93.5 Å². The Morgan fingerprint density at radius 3 is 2.75 bits per heavy atom. The third-order valence-corrected chi connectivity index (χ3v) is 2.14. The van der Waals surface area contributed by atoms with Crippen LogP contribution in [0.2, 0.25) is 0 Å². The van der Waals surface area contributed by atoms with Gasteiger partial charge in [-0.1, -0.05) is 0 Å². The van der Waals surface area contributed by atoms with Crippen molar-refractivity contribution >= 4 is 11.9 Å². The summed E-state index contributed by atoms with van der Waals surface area (Å²) in [5.41, 5.74) is 0. The summed E-state index contributed by atoms with van der Waals surface area (Å²) < 4.78 is 14.7. The lowest BCUT2D eigenvalue weighted by molar-refractivity contribution is -0.322. The van der Waals surface area contributed by atoms with E-state index in [1.165, 1.54) is 0 Å². The van der Waals surface area contributed by atoms with Crippen molar-refractivity contribution in [1.82, 2.24) is 0 Å². The van der Waals surface area contributed by atoms with Crippen LogP contribution in [0.25, 0.3) is 0 Å². The van der Waals surface area contributed by atoms with E-state index < -0.39 is 24.3 Å². The molecule has 0 spiro atoms. The van der Waals surface area contributed by atoms with Gasteiger partial charge in [0.2, 0.25) is 0 Å². The van der Waals surface area contributed by atoms with Crippen LogP contribution in [0, 0.1) is 0 Å². The van der Waals surface area contributed by atoms with E-state index in [0.717, 1.165) is 12.8 Å². The highest BCUT2D eigenvalue weighted by atomic mass is 16.7. The van der Waals surface area contributed by atoms with Gasteiger partial charge in [0.1, 0.15) is 0 Å². The number of aliphatic carboxylic acids is 1. The number of hydrogen-bond acceptors (Lipinski definition) is 6. The summed E-state index contributed by atoms with van der Waals surface area (Å²) in [5.74, 6) is -2.55. The van der Waals surface area contributed by atoms with Gasteiger partial charge in [-0.15, -0.1) is 0 Å². The van der Waals surface area contributed by atoms with Gasteiger partial charge < -0.3 is 24.1 Å². The summed E-state index contributed by atoms with van der Waals surface area (Å²) in [7, 11) is 0. The van der Waals surface area contributed by atoms with E-state index >= 15 is 0 Å². The molecule has 0 amide bonds. The van der Waals surface area contributed by atoms with E-state index in [2.05, 4.69) is 4.74 Å². The van der Waals surface area contributed by atoms with Crippen LogP contribution in [0.3, 0.4) is 0 Å². The maximum Gasteiger partial charge on any atom is 0.341 e. The van der Waals surface area contributed by atoms with E-state index in [-0.39, 0.29) is 6.61 Å². The molecule has 1 aliphatic heterocycles. The van der Waals surface area contributed by atoms with Gasteiger partial charge in [-0.3, -0.25) is 0 Å². The van der Waals surface area contributed by atoms with Crippen LogP contribution < -0.4 is 5.11 Å². The number of carbonyl (C=O) groups excluding carboxylic acids is 2. The van der Waals surface area contributed by atoms with Crippen molar-refractivity contribution < 1.29 is 28.9 Å². The Hall–Kier alpha value is -1.14. The number of carboxylic acids is 1. The van der Waals surface area contributed by atoms with Crippen molar-refractivity contribution in [2.75, 3.05) is 13.2 Å². The molecule has 2 atom stereocenters. The van der Waals surface area contributed by atoms with Crippen molar-refractivity contribution in [3.63, 3.8) is 0 Å². The molecule has 2 unspecified atom stereocenters. The SMILES string of the molecule is CCOC(=O)C(OC1CCCCO1)C(=O)[O-]. The standard InChI is InChI=1S/C10H16O6/c1-2-14-10(13)8(9(11)12)16-7-5-3-4-6-15-7/h7-8H,2-6H2,1H3,(H,11,12)/p-1. The number of esters is 1. The minimum atomic E-state index is -1.71. The van der Waals surface area contributed by atoms with E-state index in [4.69, 9.17) is 9.47 Å². The van der Waals surface area contributed by atoms with Crippen molar-refractivity contribution in [1.29, 1.82) is 0 Å². The van der Waals surface area contributed by atoms with Gasteiger partial charge in [-0.25, -0.2) is 4.79 Å². The predicted molar refractivity (Wildman–Crippen MR) is 50.1 cm³/mol. The first-order valence-electron chi connectivity index (χ1n) is 5.29. The molecule has 92 valence electrons. The lowest BCUT2D eigenvalue weighted by Crippen LogP contribution is -2.46. The smallest absolute Gasteiger partial charge is 0.341 e. The summed E-state index contributed by atoms with van der Waals surface area (Å²) >= 11 is 0. The average molecular weight is 231 g/mol. The van der Waals surface area contributed by atoms with Crippen LogP contribution in [0.15, 0.2) is 0 Å². The second kappa shape index (κ2) is 6.44. The van der Waals surface area contributed by atoms with Crippen LogP contribution in [0.1, 0.15) is 26.2 Å². The third kappa shape index (κ3) is 3.79. The van der Waals surface area contributed by atoms with Gasteiger partial charge in [0.25, 0.3) is 0 Å². The van der Waals surface area contributed by atoms with E-state index in [1.807, 2.05) is 0 Å². The maximum atomic E-state index is 11.2. The second-order valence-corrected chi connectivity index (χ2v) is 3.38. The fourth-order valence-corrected chi connectivity index (χ4v) is 1.40. The molecule has 6 nitrogen and oxygen atoms in total. The molecule has 6 heteroatoms. The van der Waals surface area contributed by atoms with Crippen LogP contribution in [0.5, 0.6) is 0 Å². The molecule has 1 fully saturated rings. The van der Waals surface area contributed by atoms with Gasteiger partial charge in [0.15, 0.2) is 12.4 Å². The Morgan fingerprint density at radius 1 is 1.50 bits per heavy atom. The van der Waals surface area contributed by atoms with Crippen molar-refractivity contribution in [3.05, 3.63) is 0 Å². The van der Waals surface area contributed by atoms with Gasteiger partial charge in [-0.2, -0.15) is 0 Å². The molecule has 0 aromatic heterocycles. The van der Waals surface area contributed by atoms with Crippen molar-refractivity contribution in [3.8, 4) is 0 Å². The predicted octanol–water partition coefficient (Wildman–Crippen LogP) is -0.789. The Balaban J connectivity index is 2.49. The normalized spacial score (nSPS) is 22.4. The molecule has 0 N–H and O–H groups in total. The van der Waals surface area contributed by atoms with Gasteiger partial charge >= 0.3 is 5.97 Å². The molecule has 16 heavy (non-hydrogen) atoms. The highest BCUT2D eigenvalue weighted by Gasteiger charge is 2.27. The van der Waals surface area contributed by atoms with Crippen molar-refractivity contribution in [2.24, 2.45) is 0 Å². The molecule has 0 saturated carbocycles. The molecule has 0 aromatic carbocycles. The molecule has 1 saturated heterocycles. The summed E-state index contributed by atoms with van der Waals surface area (Å²) in [6, 6.07) is 0. The topological polar surface area (TPSA) is 84.9 Å². The fraction of sp³-hybridized carbons (Fsp3) is 0.800. The highest BCUT2D eigenvalue weighted by molar-refractivity contribution is 5.96. The second-order valence-electron chi connectivity index (χ2n) is 3.38. The van der Waals surface area contributed by atoms with Gasteiger partial charge in [0, 0.05) is 6.61 Å². The largest absolute Gasteiger partial charge is 0.547 e. The number of rotatable bonds is 5. The molecule has 1 heterocycles. The lowest BCUT2D eigenvalue weighted by Gasteiger charge is -2.26. The first kappa shape index (κ1) is 12.9. The molecule has 1 aliphatic rings. The molecule has 0 aliphatic carbocycles.